The molecular weight excluding hydrogens is 322 g/mol. The van der Waals surface area contributed by atoms with Crippen LogP contribution >= 0.6 is 12.2 Å². The van der Waals surface area contributed by atoms with E-state index in [1.807, 2.05) is 24.3 Å². The summed E-state index contributed by atoms with van der Waals surface area (Å²) in [7, 11) is 3.42. The Labute approximate surface area is 150 Å². The van der Waals surface area contributed by atoms with Gasteiger partial charge in [0.25, 0.3) is 0 Å². The first kappa shape index (κ1) is 18.5. The number of carbonyl (C=O) groups is 1. The van der Waals surface area contributed by atoms with Crippen LogP contribution in [0.25, 0.3) is 0 Å². The number of thiocarbonyl (C=S) groups is 1. The van der Waals surface area contributed by atoms with E-state index in [1.165, 1.54) is 0 Å². The number of amides is 1. The third kappa shape index (κ3) is 4.38. The molecule has 1 aliphatic rings. The van der Waals surface area contributed by atoms with Crippen LogP contribution in [0.15, 0.2) is 24.3 Å². The third-order valence-corrected chi connectivity index (χ3v) is 4.78. The van der Waals surface area contributed by atoms with Gasteiger partial charge in [0.15, 0.2) is 5.11 Å². The van der Waals surface area contributed by atoms with Gasteiger partial charge in [-0.25, -0.2) is 0 Å². The molecule has 1 aromatic rings. The van der Waals surface area contributed by atoms with E-state index in [1.54, 1.807) is 19.1 Å². The molecule has 1 unspecified atom stereocenters. The van der Waals surface area contributed by atoms with Crippen LogP contribution in [0.1, 0.15) is 33.6 Å². The predicted octanol–water partition coefficient (Wildman–Crippen LogP) is 2.80. The first-order valence-electron chi connectivity index (χ1n) is 8.23. The topological polar surface area (TPSA) is 44.8 Å². The number of carbonyl (C=O) groups excluding carboxylic acids is 1. The number of ether oxygens (including phenoxy) is 1. The van der Waals surface area contributed by atoms with Crippen molar-refractivity contribution in [1.82, 2.24) is 10.2 Å². The lowest BCUT2D eigenvalue weighted by Crippen LogP contribution is -2.60. The summed E-state index contributed by atoms with van der Waals surface area (Å²) in [6.07, 6.45) is 1.42. The van der Waals surface area contributed by atoms with E-state index in [0.29, 0.717) is 19.0 Å². The molecule has 0 radical (unpaired) electrons. The summed E-state index contributed by atoms with van der Waals surface area (Å²) in [4.78, 5) is 16.3. The molecule has 132 valence electrons. The largest absolute Gasteiger partial charge is 0.497 e. The molecule has 0 saturated carbocycles. The molecule has 0 aliphatic carbocycles. The highest BCUT2D eigenvalue weighted by atomic mass is 32.1. The Morgan fingerprint density at radius 2 is 2.04 bits per heavy atom. The van der Waals surface area contributed by atoms with E-state index in [4.69, 9.17) is 17.0 Å². The van der Waals surface area contributed by atoms with E-state index in [9.17, 15) is 4.79 Å². The van der Waals surface area contributed by atoms with Crippen molar-refractivity contribution in [2.75, 3.05) is 25.6 Å². The third-order valence-electron chi connectivity index (χ3n) is 4.44. The number of nitrogens with zero attached hydrogens (tertiary/aromatic N) is 2. The molecule has 1 fully saturated rings. The minimum absolute atomic E-state index is 0.0108. The van der Waals surface area contributed by atoms with Crippen molar-refractivity contribution in [3.05, 3.63) is 24.3 Å². The minimum Gasteiger partial charge on any atom is -0.497 e. The summed E-state index contributed by atoms with van der Waals surface area (Å²) in [5.41, 5.74) is 0.867. The maximum absolute atomic E-state index is 12.5. The SMILES string of the molecule is COc1ccc(N(C)C(=O)CCN2C(=S)NC(C)(C)CC2C)cc1. The highest BCUT2D eigenvalue weighted by molar-refractivity contribution is 7.80. The lowest BCUT2D eigenvalue weighted by Gasteiger charge is -2.44. The van der Waals surface area contributed by atoms with Gasteiger partial charge in [-0.1, -0.05) is 0 Å². The Balaban J connectivity index is 1.93. The van der Waals surface area contributed by atoms with Crippen molar-refractivity contribution in [2.24, 2.45) is 0 Å². The Hall–Kier alpha value is -1.82. The summed E-state index contributed by atoms with van der Waals surface area (Å²) in [5, 5.41) is 4.09. The van der Waals surface area contributed by atoms with Crippen molar-refractivity contribution >= 4 is 28.9 Å². The first-order valence-corrected chi connectivity index (χ1v) is 8.64. The van der Waals surface area contributed by atoms with Crippen molar-refractivity contribution in [3.8, 4) is 5.75 Å². The van der Waals surface area contributed by atoms with Crippen molar-refractivity contribution in [1.29, 1.82) is 0 Å². The Morgan fingerprint density at radius 3 is 2.58 bits per heavy atom. The minimum atomic E-state index is 0.0108. The van der Waals surface area contributed by atoms with E-state index in [2.05, 4.69) is 31.0 Å². The summed E-state index contributed by atoms with van der Waals surface area (Å²) in [6.45, 7) is 7.08. The molecule has 6 heteroatoms. The summed E-state index contributed by atoms with van der Waals surface area (Å²) < 4.78 is 5.15. The second-order valence-corrected chi connectivity index (χ2v) is 7.35. The number of hydrogen-bond donors (Lipinski definition) is 1. The molecule has 1 heterocycles. The van der Waals surface area contributed by atoms with Crippen molar-refractivity contribution in [2.45, 2.75) is 45.2 Å². The molecule has 2 rings (SSSR count). The Bertz CT molecular complexity index is 601. The van der Waals surface area contributed by atoms with Crippen LogP contribution in [-0.4, -0.2) is 48.2 Å². The zero-order chi connectivity index (χ0) is 17.9. The lowest BCUT2D eigenvalue weighted by molar-refractivity contribution is -0.118. The highest BCUT2D eigenvalue weighted by Crippen LogP contribution is 2.23. The summed E-state index contributed by atoms with van der Waals surface area (Å²) >= 11 is 5.47. The van der Waals surface area contributed by atoms with Crippen molar-refractivity contribution < 1.29 is 9.53 Å². The normalized spacial score (nSPS) is 19.6. The van der Waals surface area contributed by atoms with Crippen LogP contribution in [0.5, 0.6) is 5.75 Å². The average Bonchev–Trinajstić information content (AvgIpc) is 2.52. The number of hydrogen-bond acceptors (Lipinski definition) is 3. The first-order chi connectivity index (χ1) is 11.2. The Kier molecular flexibility index (Phi) is 5.70. The fraction of sp³-hybridized carbons (Fsp3) is 0.556. The van der Waals surface area contributed by atoms with Gasteiger partial charge in [-0.2, -0.15) is 0 Å². The van der Waals surface area contributed by atoms with E-state index >= 15 is 0 Å². The summed E-state index contributed by atoms with van der Waals surface area (Å²) in [5.74, 6) is 0.848. The monoisotopic (exact) mass is 349 g/mol. The number of benzene rings is 1. The van der Waals surface area contributed by atoms with Crippen LogP contribution in [0.4, 0.5) is 5.69 Å². The molecule has 5 nitrogen and oxygen atoms in total. The van der Waals surface area contributed by atoms with Gasteiger partial charge < -0.3 is 19.9 Å². The quantitative estimate of drug-likeness (QED) is 0.828. The van der Waals surface area contributed by atoms with Crippen LogP contribution in [-0.2, 0) is 4.79 Å². The van der Waals surface area contributed by atoms with E-state index in [-0.39, 0.29) is 11.4 Å². The van der Waals surface area contributed by atoms with Gasteiger partial charge in [0.2, 0.25) is 5.91 Å². The van der Waals surface area contributed by atoms with Gasteiger partial charge in [0.05, 0.1) is 7.11 Å². The van der Waals surface area contributed by atoms with Gasteiger partial charge >= 0.3 is 0 Å². The average molecular weight is 350 g/mol. The van der Waals surface area contributed by atoms with E-state index in [0.717, 1.165) is 23.0 Å². The van der Waals surface area contributed by atoms with Crippen molar-refractivity contribution in [3.63, 3.8) is 0 Å². The molecule has 0 aromatic heterocycles. The second-order valence-electron chi connectivity index (χ2n) is 6.96. The Morgan fingerprint density at radius 1 is 1.42 bits per heavy atom. The second kappa shape index (κ2) is 7.38. The smallest absolute Gasteiger partial charge is 0.228 e. The standard InChI is InChI=1S/C18H27N3O2S/c1-13-12-18(2,3)19-17(24)21(13)11-10-16(22)20(4)14-6-8-15(23-5)9-7-14/h6-9,13H,10-12H2,1-5H3,(H,19,24). The highest BCUT2D eigenvalue weighted by Gasteiger charge is 2.33. The molecule has 0 spiro atoms. The number of rotatable bonds is 5. The number of methoxy groups -OCH3 is 1. The summed E-state index contributed by atoms with van der Waals surface area (Å²) in [6, 6.07) is 7.80. The van der Waals surface area contributed by atoms with Gasteiger partial charge in [0, 0.05) is 37.3 Å². The van der Waals surface area contributed by atoms with Gasteiger partial charge in [0.1, 0.15) is 5.75 Å². The fourth-order valence-electron chi connectivity index (χ4n) is 3.12. The molecule has 1 aromatic carbocycles. The zero-order valence-corrected chi connectivity index (χ0v) is 15.9. The molecular formula is C18H27N3O2S. The zero-order valence-electron chi connectivity index (χ0n) is 15.1. The van der Waals surface area contributed by atoms with Gasteiger partial charge in [-0.15, -0.1) is 0 Å². The van der Waals surface area contributed by atoms with Crippen LogP contribution in [0.2, 0.25) is 0 Å². The molecule has 1 saturated heterocycles. The van der Waals surface area contributed by atoms with Crippen LogP contribution in [0.3, 0.4) is 0 Å². The number of anilines is 1. The molecule has 1 aliphatic heterocycles. The maximum atomic E-state index is 12.5. The molecule has 1 amide bonds. The molecule has 1 atom stereocenters. The number of nitrogens with one attached hydrogen (secondary N) is 1. The maximum Gasteiger partial charge on any atom is 0.228 e. The van der Waals surface area contributed by atoms with Gasteiger partial charge in [-0.3, -0.25) is 4.79 Å². The fourth-order valence-corrected chi connectivity index (χ4v) is 3.66. The van der Waals surface area contributed by atoms with E-state index < -0.39 is 0 Å². The predicted molar refractivity (Wildman–Crippen MR) is 102 cm³/mol. The molecule has 0 bridgehead atoms. The molecule has 24 heavy (non-hydrogen) atoms. The molecule has 1 N–H and O–H groups in total. The van der Waals surface area contributed by atoms with Crippen LogP contribution in [0, 0.1) is 0 Å². The van der Waals surface area contributed by atoms with Gasteiger partial charge in [-0.05, 0) is 63.7 Å². The lowest BCUT2D eigenvalue weighted by atomic mass is 9.93. The van der Waals surface area contributed by atoms with Crippen LogP contribution < -0.4 is 15.0 Å².